The Bertz CT molecular complexity index is 737. The van der Waals surface area contributed by atoms with Crippen molar-refractivity contribution in [2.24, 2.45) is 5.92 Å². The number of rotatable bonds is 5. The Labute approximate surface area is 152 Å². The Balaban J connectivity index is 1.94. The molecule has 0 spiro atoms. The number of amides is 1. The van der Waals surface area contributed by atoms with Gasteiger partial charge in [0.05, 0.1) is 10.2 Å². The summed E-state index contributed by atoms with van der Waals surface area (Å²) in [5.41, 5.74) is 1.90. The summed E-state index contributed by atoms with van der Waals surface area (Å²) in [6.45, 7) is 3.49. The first-order valence-corrected chi connectivity index (χ1v) is 9.68. The predicted octanol–water partition coefficient (Wildman–Crippen LogP) is 4.34. The molecular weight excluding hydrogens is 342 g/mol. The van der Waals surface area contributed by atoms with Crippen LogP contribution in [0.3, 0.4) is 0 Å². The zero-order valence-corrected chi connectivity index (χ0v) is 16.1. The molecule has 0 unspecified atom stereocenters. The lowest BCUT2D eigenvalue weighted by Gasteiger charge is -2.24. The lowest BCUT2D eigenvalue weighted by Crippen LogP contribution is -2.39. The summed E-state index contributed by atoms with van der Waals surface area (Å²) in [7, 11) is 4.06. The molecule has 2 aromatic rings. The normalized spacial score (nSPS) is 15.5. The van der Waals surface area contributed by atoms with Crippen molar-refractivity contribution in [2.75, 3.05) is 32.1 Å². The van der Waals surface area contributed by atoms with Gasteiger partial charge in [0.2, 0.25) is 5.91 Å². The van der Waals surface area contributed by atoms with Gasteiger partial charge < -0.3 is 4.90 Å². The van der Waals surface area contributed by atoms with E-state index in [1.165, 1.54) is 0 Å². The highest BCUT2D eigenvalue weighted by atomic mass is 35.5. The van der Waals surface area contributed by atoms with Crippen LogP contribution in [-0.2, 0) is 4.79 Å². The number of aryl methyl sites for hydroxylation is 1. The van der Waals surface area contributed by atoms with E-state index in [0.29, 0.717) is 6.54 Å². The molecule has 1 saturated carbocycles. The minimum Gasteiger partial charge on any atom is -0.308 e. The average molecular weight is 366 g/mol. The quantitative estimate of drug-likeness (QED) is 0.790. The summed E-state index contributed by atoms with van der Waals surface area (Å²) < 4.78 is 1.08. The van der Waals surface area contributed by atoms with Gasteiger partial charge in [-0.05, 0) is 51.6 Å². The van der Waals surface area contributed by atoms with Crippen LogP contribution in [0.25, 0.3) is 10.2 Å². The summed E-state index contributed by atoms with van der Waals surface area (Å²) in [5, 5.41) is 1.52. The van der Waals surface area contributed by atoms with Gasteiger partial charge in [0.25, 0.3) is 0 Å². The molecule has 6 heteroatoms. The molecule has 1 aromatic heterocycles. The predicted molar refractivity (Wildman–Crippen MR) is 102 cm³/mol. The van der Waals surface area contributed by atoms with E-state index < -0.39 is 0 Å². The second-order valence-corrected chi connectivity index (χ2v) is 8.21. The molecule has 0 aliphatic heterocycles. The van der Waals surface area contributed by atoms with Crippen molar-refractivity contribution in [2.45, 2.75) is 32.6 Å². The maximum atomic E-state index is 13.0. The maximum absolute atomic E-state index is 13.0. The second-order valence-electron chi connectivity index (χ2n) is 6.79. The SMILES string of the molecule is Cc1c(Cl)ccc2sc(N(CCN(C)C)C(=O)C3CCCC3)nc12. The number of fused-ring (bicyclic) bond motifs is 1. The van der Waals surface area contributed by atoms with Crippen molar-refractivity contribution in [3.8, 4) is 0 Å². The van der Waals surface area contributed by atoms with Crippen molar-refractivity contribution in [1.82, 2.24) is 9.88 Å². The first-order valence-electron chi connectivity index (χ1n) is 8.49. The zero-order chi connectivity index (χ0) is 17.3. The smallest absolute Gasteiger partial charge is 0.231 e. The first-order chi connectivity index (χ1) is 11.5. The minimum absolute atomic E-state index is 0.156. The monoisotopic (exact) mass is 365 g/mol. The molecule has 1 aliphatic rings. The van der Waals surface area contributed by atoms with Crippen LogP contribution >= 0.6 is 22.9 Å². The third kappa shape index (κ3) is 3.58. The lowest BCUT2D eigenvalue weighted by molar-refractivity contribution is -0.122. The second kappa shape index (κ2) is 7.38. The Hall–Kier alpha value is -1.17. The largest absolute Gasteiger partial charge is 0.308 e. The van der Waals surface area contributed by atoms with Gasteiger partial charge >= 0.3 is 0 Å². The van der Waals surface area contributed by atoms with Gasteiger partial charge in [0.15, 0.2) is 5.13 Å². The minimum atomic E-state index is 0.156. The van der Waals surface area contributed by atoms with Crippen LogP contribution in [-0.4, -0.2) is 43.0 Å². The number of nitrogens with zero attached hydrogens (tertiary/aromatic N) is 3. The maximum Gasteiger partial charge on any atom is 0.231 e. The topological polar surface area (TPSA) is 36.4 Å². The molecule has 1 aliphatic carbocycles. The summed E-state index contributed by atoms with van der Waals surface area (Å²) >= 11 is 7.81. The highest BCUT2D eigenvalue weighted by Gasteiger charge is 2.29. The molecular formula is C18H24ClN3OS. The average Bonchev–Trinajstić information content (AvgIpc) is 3.20. The Kier molecular flexibility index (Phi) is 5.42. The van der Waals surface area contributed by atoms with Crippen LogP contribution < -0.4 is 4.90 Å². The van der Waals surface area contributed by atoms with Crippen molar-refractivity contribution >= 4 is 44.2 Å². The fraction of sp³-hybridized carbons (Fsp3) is 0.556. The molecule has 0 saturated heterocycles. The van der Waals surface area contributed by atoms with E-state index >= 15 is 0 Å². The van der Waals surface area contributed by atoms with E-state index in [1.54, 1.807) is 11.3 Å². The van der Waals surface area contributed by atoms with Crippen molar-refractivity contribution < 1.29 is 4.79 Å². The highest BCUT2D eigenvalue weighted by Crippen LogP contribution is 2.35. The number of hydrogen-bond donors (Lipinski definition) is 0. The van der Waals surface area contributed by atoms with E-state index in [1.807, 2.05) is 38.1 Å². The molecule has 0 bridgehead atoms. The van der Waals surface area contributed by atoms with Crippen LogP contribution in [0.1, 0.15) is 31.2 Å². The first kappa shape index (κ1) is 17.6. The number of halogens is 1. The molecule has 1 aromatic carbocycles. The molecule has 1 amide bonds. The van der Waals surface area contributed by atoms with Gasteiger partial charge in [0, 0.05) is 24.0 Å². The summed E-state index contributed by atoms with van der Waals surface area (Å²) in [4.78, 5) is 21.8. The third-order valence-corrected chi connectivity index (χ3v) is 6.16. The molecule has 24 heavy (non-hydrogen) atoms. The van der Waals surface area contributed by atoms with Crippen molar-refractivity contribution in [3.05, 3.63) is 22.7 Å². The van der Waals surface area contributed by atoms with E-state index in [4.69, 9.17) is 16.6 Å². The van der Waals surface area contributed by atoms with E-state index in [9.17, 15) is 4.79 Å². The number of likely N-dealkylation sites (N-methyl/N-ethyl adjacent to an activating group) is 1. The zero-order valence-electron chi connectivity index (χ0n) is 14.5. The van der Waals surface area contributed by atoms with Gasteiger partial charge in [0.1, 0.15) is 0 Å². The van der Waals surface area contributed by atoms with Gasteiger partial charge in [-0.2, -0.15) is 0 Å². The molecule has 0 radical (unpaired) electrons. The van der Waals surface area contributed by atoms with Gasteiger partial charge in [-0.15, -0.1) is 0 Å². The fourth-order valence-electron chi connectivity index (χ4n) is 3.20. The number of hydrogen-bond acceptors (Lipinski definition) is 4. The molecule has 1 heterocycles. The highest BCUT2D eigenvalue weighted by molar-refractivity contribution is 7.22. The molecule has 130 valence electrons. The van der Waals surface area contributed by atoms with E-state index in [0.717, 1.165) is 58.2 Å². The van der Waals surface area contributed by atoms with Crippen LogP contribution in [0.4, 0.5) is 5.13 Å². The molecule has 0 N–H and O–H groups in total. The number of thiazole rings is 1. The number of aromatic nitrogens is 1. The number of carbonyl (C=O) groups excluding carboxylic acids is 1. The van der Waals surface area contributed by atoms with E-state index in [-0.39, 0.29) is 11.8 Å². The standard InChI is InChI=1S/C18H24ClN3OS/c1-12-14(19)8-9-15-16(12)20-18(24-15)22(11-10-21(2)3)17(23)13-6-4-5-7-13/h8-9,13H,4-7,10-11H2,1-3H3. The van der Waals surface area contributed by atoms with Gasteiger partial charge in [-0.25, -0.2) is 4.98 Å². The van der Waals surface area contributed by atoms with Gasteiger partial charge in [-0.1, -0.05) is 35.8 Å². The fourth-order valence-corrected chi connectivity index (χ4v) is 4.41. The Morgan fingerprint density at radius 2 is 2.00 bits per heavy atom. The number of carbonyl (C=O) groups is 1. The Morgan fingerprint density at radius 1 is 1.29 bits per heavy atom. The van der Waals surface area contributed by atoms with Gasteiger partial charge in [-0.3, -0.25) is 9.69 Å². The lowest BCUT2D eigenvalue weighted by atomic mass is 10.1. The van der Waals surface area contributed by atoms with E-state index in [2.05, 4.69) is 4.90 Å². The van der Waals surface area contributed by atoms with Crippen LogP contribution in [0, 0.1) is 12.8 Å². The molecule has 1 fully saturated rings. The van der Waals surface area contributed by atoms with Crippen LogP contribution in [0.2, 0.25) is 5.02 Å². The number of anilines is 1. The molecule has 4 nitrogen and oxygen atoms in total. The van der Waals surface area contributed by atoms with Crippen molar-refractivity contribution in [1.29, 1.82) is 0 Å². The van der Waals surface area contributed by atoms with Crippen LogP contribution in [0.5, 0.6) is 0 Å². The number of benzene rings is 1. The third-order valence-electron chi connectivity index (χ3n) is 4.71. The summed E-state index contributed by atoms with van der Waals surface area (Å²) in [5.74, 6) is 0.390. The summed E-state index contributed by atoms with van der Waals surface area (Å²) in [6.07, 6.45) is 4.33. The Morgan fingerprint density at radius 3 is 2.67 bits per heavy atom. The molecule has 3 rings (SSSR count). The summed E-state index contributed by atoms with van der Waals surface area (Å²) in [6, 6.07) is 3.90. The molecule has 0 atom stereocenters. The van der Waals surface area contributed by atoms with Crippen LogP contribution in [0.15, 0.2) is 12.1 Å². The van der Waals surface area contributed by atoms with Crippen molar-refractivity contribution in [3.63, 3.8) is 0 Å².